The Morgan fingerprint density at radius 1 is 1.16 bits per heavy atom. The molecule has 0 spiro atoms. The Morgan fingerprint density at radius 3 is 2.79 bits per heavy atom. The van der Waals surface area contributed by atoms with Gasteiger partial charge in [0, 0.05) is 17.0 Å². The zero-order valence-electron chi connectivity index (χ0n) is 10.9. The van der Waals surface area contributed by atoms with Crippen LogP contribution < -0.4 is 11.3 Å². The number of pyridine rings is 2. The van der Waals surface area contributed by atoms with Crippen LogP contribution in [0.4, 0.5) is 5.82 Å². The third-order valence-corrected chi connectivity index (χ3v) is 3.29. The Hall–Kier alpha value is -2.20. The van der Waals surface area contributed by atoms with Gasteiger partial charge in [-0.3, -0.25) is 4.98 Å². The van der Waals surface area contributed by atoms with Crippen LogP contribution in [0.25, 0.3) is 21.8 Å². The number of nitrogens with zero attached hydrogens (tertiary/aromatic N) is 2. The maximum Gasteiger partial charge on any atom is 0.143 e. The SMILES string of the molecule is CCCc1cc2ccc3cccnc3c2nc1NN. The standard InChI is InChI=1S/C15H16N4/c1-2-4-12-9-11-7-6-10-5-3-8-17-13(10)14(11)18-15(12)19-16/h3,5-9H,2,4,16H2,1H3,(H,18,19). The molecule has 0 saturated heterocycles. The van der Waals surface area contributed by atoms with Crippen LogP contribution in [0.3, 0.4) is 0 Å². The van der Waals surface area contributed by atoms with Gasteiger partial charge < -0.3 is 5.43 Å². The number of benzene rings is 1. The van der Waals surface area contributed by atoms with E-state index in [1.165, 1.54) is 0 Å². The molecule has 0 aliphatic heterocycles. The summed E-state index contributed by atoms with van der Waals surface area (Å²) in [5.41, 5.74) is 5.66. The predicted octanol–water partition coefficient (Wildman–Crippen LogP) is 3.02. The van der Waals surface area contributed by atoms with E-state index in [0.29, 0.717) is 0 Å². The highest BCUT2D eigenvalue weighted by molar-refractivity contribution is 6.03. The van der Waals surface area contributed by atoms with Crippen molar-refractivity contribution in [2.45, 2.75) is 19.8 Å². The van der Waals surface area contributed by atoms with E-state index in [1.807, 2.05) is 12.1 Å². The molecule has 0 atom stereocenters. The lowest BCUT2D eigenvalue weighted by Gasteiger charge is -2.10. The number of nitrogen functional groups attached to an aromatic ring is 1. The number of hydrazine groups is 1. The minimum Gasteiger partial charge on any atom is -0.308 e. The smallest absolute Gasteiger partial charge is 0.143 e. The van der Waals surface area contributed by atoms with E-state index in [1.54, 1.807) is 6.20 Å². The highest BCUT2D eigenvalue weighted by atomic mass is 15.2. The summed E-state index contributed by atoms with van der Waals surface area (Å²) in [6.07, 6.45) is 3.81. The van der Waals surface area contributed by atoms with Gasteiger partial charge in [0.2, 0.25) is 0 Å². The molecule has 3 rings (SSSR count). The Bertz CT molecular complexity index is 737. The lowest BCUT2D eigenvalue weighted by atomic mass is 10.1. The number of aryl methyl sites for hydroxylation is 1. The van der Waals surface area contributed by atoms with Crippen molar-refractivity contribution in [3.8, 4) is 0 Å². The van der Waals surface area contributed by atoms with Gasteiger partial charge in [-0.1, -0.05) is 31.5 Å². The van der Waals surface area contributed by atoms with E-state index in [-0.39, 0.29) is 0 Å². The summed E-state index contributed by atoms with van der Waals surface area (Å²) in [7, 11) is 0. The van der Waals surface area contributed by atoms with Gasteiger partial charge in [0.25, 0.3) is 0 Å². The number of hydrogen-bond donors (Lipinski definition) is 2. The number of hydrogen-bond acceptors (Lipinski definition) is 4. The molecule has 3 N–H and O–H groups in total. The van der Waals surface area contributed by atoms with Crippen molar-refractivity contribution in [2.24, 2.45) is 5.84 Å². The second kappa shape index (κ2) is 4.82. The molecule has 1 aromatic carbocycles. The van der Waals surface area contributed by atoms with Gasteiger partial charge in [-0.15, -0.1) is 0 Å². The molecule has 0 fully saturated rings. The van der Waals surface area contributed by atoms with Crippen molar-refractivity contribution in [1.29, 1.82) is 0 Å². The maximum atomic E-state index is 5.58. The van der Waals surface area contributed by atoms with Crippen LogP contribution in [-0.4, -0.2) is 9.97 Å². The molecule has 2 heterocycles. The molecule has 2 aromatic heterocycles. The van der Waals surface area contributed by atoms with Crippen LogP contribution in [0.5, 0.6) is 0 Å². The van der Waals surface area contributed by atoms with Crippen LogP contribution in [0.2, 0.25) is 0 Å². The average molecular weight is 252 g/mol. The van der Waals surface area contributed by atoms with E-state index >= 15 is 0 Å². The Kier molecular flexibility index (Phi) is 3.01. The fourth-order valence-electron chi connectivity index (χ4n) is 2.40. The summed E-state index contributed by atoms with van der Waals surface area (Å²) in [6.45, 7) is 2.15. The normalized spacial score (nSPS) is 11.1. The molecule has 19 heavy (non-hydrogen) atoms. The first-order chi connectivity index (χ1) is 9.33. The molecular weight excluding hydrogens is 236 g/mol. The second-order valence-electron chi connectivity index (χ2n) is 4.60. The molecule has 0 radical (unpaired) electrons. The van der Waals surface area contributed by atoms with Crippen LogP contribution in [0.15, 0.2) is 36.5 Å². The zero-order valence-corrected chi connectivity index (χ0v) is 10.9. The highest BCUT2D eigenvalue weighted by Gasteiger charge is 2.08. The van der Waals surface area contributed by atoms with E-state index < -0.39 is 0 Å². The quantitative estimate of drug-likeness (QED) is 0.427. The fourth-order valence-corrected chi connectivity index (χ4v) is 2.40. The summed E-state index contributed by atoms with van der Waals surface area (Å²) >= 11 is 0. The maximum absolute atomic E-state index is 5.58. The molecule has 0 saturated carbocycles. The van der Waals surface area contributed by atoms with Gasteiger partial charge in [0.05, 0.1) is 11.0 Å². The average Bonchev–Trinajstić information content (AvgIpc) is 2.46. The van der Waals surface area contributed by atoms with Gasteiger partial charge in [-0.2, -0.15) is 0 Å². The third kappa shape index (κ3) is 2.00. The molecular formula is C15H16N4. The summed E-state index contributed by atoms with van der Waals surface area (Å²) in [6, 6.07) is 10.3. The van der Waals surface area contributed by atoms with Gasteiger partial charge in [0.1, 0.15) is 5.82 Å². The van der Waals surface area contributed by atoms with Crippen molar-refractivity contribution in [1.82, 2.24) is 9.97 Å². The van der Waals surface area contributed by atoms with Crippen LogP contribution in [0.1, 0.15) is 18.9 Å². The minimum absolute atomic E-state index is 0.743. The largest absolute Gasteiger partial charge is 0.308 e. The van der Waals surface area contributed by atoms with E-state index in [9.17, 15) is 0 Å². The summed E-state index contributed by atoms with van der Waals surface area (Å²) in [5, 5.41) is 2.20. The Morgan fingerprint density at radius 2 is 2.00 bits per heavy atom. The Balaban J connectivity index is 2.34. The summed E-state index contributed by atoms with van der Waals surface area (Å²) in [4.78, 5) is 9.07. The first kappa shape index (κ1) is 11.9. The van der Waals surface area contributed by atoms with Crippen molar-refractivity contribution < 1.29 is 0 Å². The molecule has 4 nitrogen and oxygen atoms in total. The topological polar surface area (TPSA) is 63.8 Å². The van der Waals surface area contributed by atoms with Gasteiger partial charge >= 0.3 is 0 Å². The second-order valence-corrected chi connectivity index (χ2v) is 4.60. The van der Waals surface area contributed by atoms with E-state index in [2.05, 4.69) is 40.5 Å². The first-order valence-corrected chi connectivity index (χ1v) is 6.47. The van der Waals surface area contributed by atoms with Crippen LogP contribution in [0, 0.1) is 0 Å². The number of nitrogens with two attached hydrogens (primary N) is 1. The predicted molar refractivity (Wildman–Crippen MR) is 78.8 cm³/mol. The molecule has 96 valence electrons. The zero-order chi connectivity index (χ0) is 13.2. The van der Waals surface area contributed by atoms with Crippen molar-refractivity contribution in [3.63, 3.8) is 0 Å². The number of nitrogens with one attached hydrogen (secondary N) is 1. The van der Waals surface area contributed by atoms with E-state index in [0.717, 1.165) is 46.0 Å². The van der Waals surface area contributed by atoms with Gasteiger partial charge in [-0.05, 0) is 24.1 Å². The number of rotatable bonds is 3. The molecule has 4 heteroatoms. The van der Waals surface area contributed by atoms with Gasteiger partial charge in [-0.25, -0.2) is 10.8 Å². The number of fused-ring (bicyclic) bond motifs is 3. The lowest BCUT2D eigenvalue weighted by Crippen LogP contribution is -2.11. The molecule has 0 aliphatic rings. The first-order valence-electron chi connectivity index (χ1n) is 6.47. The molecule has 0 unspecified atom stereocenters. The van der Waals surface area contributed by atoms with Crippen LogP contribution >= 0.6 is 0 Å². The van der Waals surface area contributed by atoms with E-state index in [4.69, 9.17) is 5.84 Å². The van der Waals surface area contributed by atoms with Crippen molar-refractivity contribution in [3.05, 3.63) is 42.1 Å². The van der Waals surface area contributed by atoms with Crippen LogP contribution in [-0.2, 0) is 6.42 Å². The lowest BCUT2D eigenvalue weighted by molar-refractivity contribution is 0.917. The monoisotopic (exact) mass is 252 g/mol. The molecule has 0 bridgehead atoms. The molecule has 3 aromatic rings. The third-order valence-electron chi connectivity index (χ3n) is 3.29. The molecule has 0 aliphatic carbocycles. The highest BCUT2D eigenvalue weighted by Crippen LogP contribution is 2.26. The number of anilines is 1. The summed E-state index contributed by atoms with van der Waals surface area (Å²) in [5.74, 6) is 6.33. The van der Waals surface area contributed by atoms with Crippen molar-refractivity contribution in [2.75, 3.05) is 5.43 Å². The number of aromatic nitrogens is 2. The fraction of sp³-hybridized carbons (Fsp3) is 0.200. The Labute approximate surface area is 111 Å². The minimum atomic E-state index is 0.743. The summed E-state index contributed by atoms with van der Waals surface area (Å²) < 4.78 is 0. The van der Waals surface area contributed by atoms with Gasteiger partial charge in [0.15, 0.2) is 0 Å². The molecule has 0 amide bonds. The van der Waals surface area contributed by atoms with Crippen molar-refractivity contribution >= 4 is 27.6 Å².